The summed E-state index contributed by atoms with van der Waals surface area (Å²) in [4.78, 5) is 7.27. The van der Waals surface area contributed by atoms with E-state index >= 15 is 0 Å². The minimum absolute atomic E-state index is 0.588. The normalized spacial score (nSPS) is 11.4. The molecule has 0 N–H and O–H groups in total. The molecule has 2 aromatic heterocycles. The first-order valence-corrected chi connectivity index (χ1v) is 17.8. The number of benzene rings is 8. The van der Waals surface area contributed by atoms with Gasteiger partial charge in [-0.15, -0.1) is 0 Å². The van der Waals surface area contributed by atoms with E-state index in [2.05, 4.69) is 150 Å². The fourth-order valence-electron chi connectivity index (χ4n) is 7.35. The number of nitrogens with zero attached hydrogens (tertiary/aromatic N) is 2. The molecule has 0 aliphatic heterocycles. The first-order chi connectivity index (χ1) is 26.3. The number of furan rings is 1. The maximum Gasteiger partial charge on any atom is 0.227 e. The van der Waals surface area contributed by atoms with Crippen LogP contribution in [-0.2, 0) is 0 Å². The molecule has 0 aliphatic carbocycles. The van der Waals surface area contributed by atoms with Crippen molar-refractivity contribution in [3.8, 4) is 44.8 Å². The predicted molar refractivity (Wildman–Crippen MR) is 218 cm³/mol. The molecule has 10 rings (SSSR count). The van der Waals surface area contributed by atoms with Crippen LogP contribution in [0.2, 0.25) is 0 Å². The topological polar surface area (TPSA) is 42.4 Å². The highest BCUT2D eigenvalue weighted by Gasteiger charge is 2.23. The van der Waals surface area contributed by atoms with Gasteiger partial charge >= 0.3 is 0 Å². The van der Waals surface area contributed by atoms with Gasteiger partial charge in [-0.2, -0.15) is 0 Å². The third-order valence-electron chi connectivity index (χ3n) is 9.93. The fourth-order valence-corrected chi connectivity index (χ4v) is 7.35. The van der Waals surface area contributed by atoms with Crippen LogP contribution in [0.4, 0.5) is 17.1 Å². The first-order valence-electron chi connectivity index (χ1n) is 17.8. The maximum atomic E-state index is 6.57. The Morgan fingerprint density at radius 1 is 0.377 bits per heavy atom. The standard InChI is InChI=1S/C49H32N2O2/c1-4-13-33(14-5-1)35-23-25-37(26-24-35)40-19-10-11-20-43(40)51(39-29-27-36(28-30-39)34-15-6-2-7-16-34)44-21-12-22-45-48(44)41-31-42-47(32-46(41)52-45)53-49(50-42)38-17-8-3-9-18-38/h1-32H. The monoisotopic (exact) mass is 680 g/mol. The lowest BCUT2D eigenvalue weighted by molar-refractivity contribution is 0.617. The molecule has 0 unspecified atom stereocenters. The molecule has 0 aliphatic rings. The van der Waals surface area contributed by atoms with Crippen molar-refractivity contribution in [1.29, 1.82) is 0 Å². The highest BCUT2D eigenvalue weighted by molar-refractivity contribution is 6.16. The molecule has 0 saturated heterocycles. The van der Waals surface area contributed by atoms with Crippen LogP contribution in [0.25, 0.3) is 77.9 Å². The Hall–Kier alpha value is -7.17. The van der Waals surface area contributed by atoms with E-state index in [1.165, 1.54) is 16.7 Å². The van der Waals surface area contributed by atoms with E-state index in [4.69, 9.17) is 13.8 Å². The molecule has 0 spiro atoms. The molecular weight excluding hydrogens is 649 g/mol. The Labute approximate surface area is 306 Å². The molecule has 0 saturated carbocycles. The Bertz CT molecular complexity index is 2860. The van der Waals surface area contributed by atoms with E-state index in [-0.39, 0.29) is 0 Å². The lowest BCUT2D eigenvalue weighted by Crippen LogP contribution is -2.11. The van der Waals surface area contributed by atoms with Crippen molar-refractivity contribution in [2.75, 3.05) is 4.90 Å². The van der Waals surface area contributed by atoms with Gasteiger partial charge in [0.05, 0.1) is 16.8 Å². The largest absolute Gasteiger partial charge is 0.456 e. The summed E-state index contributed by atoms with van der Waals surface area (Å²) in [7, 11) is 0. The molecule has 53 heavy (non-hydrogen) atoms. The van der Waals surface area contributed by atoms with Crippen LogP contribution < -0.4 is 4.90 Å². The zero-order valence-corrected chi connectivity index (χ0v) is 28.7. The molecule has 2 heterocycles. The summed E-state index contributed by atoms with van der Waals surface area (Å²) in [5, 5.41) is 1.99. The van der Waals surface area contributed by atoms with Crippen molar-refractivity contribution in [3.05, 3.63) is 194 Å². The van der Waals surface area contributed by atoms with Crippen LogP contribution in [0, 0.1) is 0 Å². The van der Waals surface area contributed by atoms with Crippen LogP contribution >= 0.6 is 0 Å². The molecule has 250 valence electrons. The summed E-state index contributed by atoms with van der Waals surface area (Å²) in [6, 6.07) is 67.6. The predicted octanol–water partition coefficient (Wildman–Crippen LogP) is 13.9. The average Bonchev–Trinajstić information content (AvgIpc) is 3.82. The Kier molecular flexibility index (Phi) is 7.43. The van der Waals surface area contributed by atoms with Crippen molar-refractivity contribution in [3.63, 3.8) is 0 Å². The van der Waals surface area contributed by atoms with E-state index in [1.807, 2.05) is 48.5 Å². The average molecular weight is 681 g/mol. The molecule has 0 fully saturated rings. The highest BCUT2D eigenvalue weighted by Crippen LogP contribution is 2.47. The van der Waals surface area contributed by atoms with Crippen LogP contribution in [-0.4, -0.2) is 4.98 Å². The summed E-state index contributed by atoms with van der Waals surface area (Å²) in [5.74, 6) is 0.588. The van der Waals surface area contributed by atoms with Crippen molar-refractivity contribution < 1.29 is 8.83 Å². The number of rotatable bonds is 7. The minimum Gasteiger partial charge on any atom is -0.456 e. The van der Waals surface area contributed by atoms with Crippen LogP contribution in [0.15, 0.2) is 203 Å². The van der Waals surface area contributed by atoms with E-state index in [0.717, 1.165) is 66.8 Å². The van der Waals surface area contributed by atoms with Gasteiger partial charge in [-0.05, 0) is 76.3 Å². The van der Waals surface area contributed by atoms with Gasteiger partial charge in [-0.3, -0.25) is 0 Å². The van der Waals surface area contributed by atoms with Gasteiger partial charge in [0.15, 0.2) is 5.58 Å². The number of aromatic nitrogens is 1. The number of hydrogen-bond acceptors (Lipinski definition) is 4. The summed E-state index contributed by atoms with van der Waals surface area (Å²) < 4.78 is 12.8. The Morgan fingerprint density at radius 2 is 0.925 bits per heavy atom. The molecule has 10 aromatic rings. The number of anilines is 3. The molecule has 0 bridgehead atoms. The van der Waals surface area contributed by atoms with E-state index in [0.29, 0.717) is 11.5 Å². The Morgan fingerprint density at radius 3 is 1.60 bits per heavy atom. The van der Waals surface area contributed by atoms with Gasteiger partial charge in [0.1, 0.15) is 16.7 Å². The summed E-state index contributed by atoms with van der Waals surface area (Å²) in [6.07, 6.45) is 0. The summed E-state index contributed by atoms with van der Waals surface area (Å²) >= 11 is 0. The van der Waals surface area contributed by atoms with Crippen LogP contribution in [0.3, 0.4) is 0 Å². The number of fused-ring (bicyclic) bond motifs is 4. The van der Waals surface area contributed by atoms with Gasteiger partial charge in [0.2, 0.25) is 5.89 Å². The summed E-state index contributed by atoms with van der Waals surface area (Å²) in [5.41, 5.74) is 14.0. The van der Waals surface area contributed by atoms with Crippen LogP contribution in [0.5, 0.6) is 0 Å². The van der Waals surface area contributed by atoms with Crippen molar-refractivity contribution in [1.82, 2.24) is 4.98 Å². The minimum atomic E-state index is 0.588. The number of hydrogen-bond donors (Lipinski definition) is 0. The second kappa shape index (κ2) is 12.9. The lowest BCUT2D eigenvalue weighted by Gasteiger charge is -2.28. The molecule has 0 atom stereocenters. The summed E-state index contributed by atoms with van der Waals surface area (Å²) in [6.45, 7) is 0. The quantitative estimate of drug-likeness (QED) is 0.168. The fraction of sp³-hybridized carbons (Fsp3) is 0. The number of oxazole rings is 1. The Balaban J connectivity index is 1.17. The third-order valence-corrected chi connectivity index (χ3v) is 9.93. The zero-order chi connectivity index (χ0) is 35.1. The molecule has 4 nitrogen and oxygen atoms in total. The van der Waals surface area contributed by atoms with E-state index in [1.54, 1.807) is 0 Å². The third kappa shape index (κ3) is 5.54. The second-order valence-corrected chi connectivity index (χ2v) is 13.2. The molecule has 0 radical (unpaired) electrons. The van der Waals surface area contributed by atoms with E-state index < -0.39 is 0 Å². The molecule has 0 amide bonds. The van der Waals surface area contributed by atoms with E-state index in [9.17, 15) is 0 Å². The van der Waals surface area contributed by atoms with Gasteiger partial charge in [0, 0.05) is 28.3 Å². The van der Waals surface area contributed by atoms with Gasteiger partial charge in [-0.1, -0.05) is 140 Å². The van der Waals surface area contributed by atoms with Gasteiger partial charge < -0.3 is 13.7 Å². The molecular formula is C49H32N2O2. The van der Waals surface area contributed by atoms with Gasteiger partial charge in [-0.25, -0.2) is 4.98 Å². The zero-order valence-electron chi connectivity index (χ0n) is 28.7. The smallest absolute Gasteiger partial charge is 0.227 e. The van der Waals surface area contributed by atoms with Gasteiger partial charge in [0.25, 0.3) is 0 Å². The number of para-hydroxylation sites is 1. The van der Waals surface area contributed by atoms with Crippen molar-refractivity contribution >= 4 is 50.1 Å². The maximum absolute atomic E-state index is 6.57. The SMILES string of the molecule is c1ccc(-c2ccc(-c3ccccc3N(c3ccc(-c4ccccc4)cc3)c3cccc4oc5cc6oc(-c7ccccc7)nc6cc5c34)cc2)cc1. The van der Waals surface area contributed by atoms with Crippen LogP contribution in [0.1, 0.15) is 0 Å². The molecule has 8 aromatic carbocycles. The first kappa shape index (κ1) is 30.6. The second-order valence-electron chi connectivity index (χ2n) is 13.2. The molecule has 4 heteroatoms. The highest BCUT2D eigenvalue weighted by atomic mass is 16.4. The van der Waals surface area contributed by atoms with Crippen molar-refractivity contribution in [2.24, 2.45) is 0 Å². The lowest BCUT2D eigenvalue weighted by atomic mass is 9.97. The van der Waals surface area contributed by atoms with Crippen molar-refractivity contribution in [2.45, 2.75) is 0 Å².